The molecule has 0 radical (unpaired) electrons. The number of halogens is 5. The molecule has 1 heterocycles. The number of benzene rings is 1. The Kier molecular flexibility index (Phi) is 5.40. The van der Waals surface area contributed by atoms with Crippen molar-refractivity contribution < 1.29 is 18.0 Å². The minimum absolute atomic E-state index is 0.0212. The Bertz CT molecular complexity index is 897. The highest BCUT2D eigenvalue weighted by molar-refractivity contribution is 6.33. The molecule has 0 spiro atoms. The fourth-order valence-corrected chi connectivity index (χ4v) is 2.34. The third kappa shape index (κ3) is 4.32. The molecule has 1 amide bonds. The molecule has 1 aromatic heterocycles. The maximum absolute atomic E-state index is 12.7. The van der Waals surface area contributed by atoms with Gasteiger partial charge in [-0.15, -0.1) is 0 Å². The van der Waals surface area contributed by atoms with E-state index in [2.05, 4.69) is 10.3 Å². The van der Waals surface area contributed by atoms with Gasteiger partial charge in [-0.25, -0.2) is 4.98 Å². The average Bonchev–Trinajstić information content (AvgIpc) is 2.77. The van der Waals surface area contributed by atoms with Crippen molar-refractivity contribution in [3.05, 3.63) is 51.5 Å². The first-order valence-corrected chi connectivity index (χ1v) is 7.37. The zero-order valence-electron chi connectivity index (χ0n) is 12.5. The second-order valence-corrected chi connectivity index (χ2v) is 5.51. The van der Waals surface area contributed by atoms with Crippen LogP contribution in [0.25, 0.3) is 6.08 Å². The molecule has 1 aromatic carbocycles. The van der Waals surface area contributed by atoms with Gasteiger partial charge in [-0.05, 0) is 35.9 Å². The lowest BCUT2D eigenvalue weighted by molar-refractivity contribution is -0.137. The van der Waals surface area contributed by atoms with Crippen LogP contribution in [0.4, 0.5) is 18.9 Å². The van der Waals surface area contributed by atoms with Crippen molar-refractivity contribution in [3.63, 3.8) is 0 Å². The van der Waals surface area contributed by atoms with Crippen molar-refractivity contribution in [2.75, 3.05) is 5.32 Å². The van der Waals surface area contributed by atoms with Crippen molar-refractivity contribution >= 4 is 40.9 Å². The van der Waals surface area contributed by atoms with E-state index in [1.165, 1.54) is 17.7 Å². The molecule has 1 N–H and O–H groups in total. The topological polar surface area (TPSA) is 70.7 Å². The van der Waals surface area contributed by atoms with Crippen molar-refractivity contribution in [2.45, 2.75) is 6.18 Å². The molecule has 25 heavy (non-hydrogen) atoms. The Morgan fingerprint density at radius 1 is 1.40 bits per heavy atom. The number of rotatable bonds is 3. The van der Waals surface area contributed by atoms with E-state index >= 15 is 0 Å². The van der Waals surface area contributed by atoms with E-state index in [1.54, 1.807) is 6.07 Å². The molecule has 10 heteroatoms. The SMILES string of the molecule is Cn1c(Cl)nc(Cl)c1/C=C(/C#N)C(=O)Nc1cccc(C(F)(F)F)c1. The number of hydrogen-bond donors (Lipinski definition) is 1. The number of nitrogens with one attached hydrogen (secondary N) is 1. The summed E-state index contributed by atoms with van der Waals surface area (Å²) in [6.45, 7) is 0. The van der Waals surface area contributed by atoms with Gasteiger partial charge in [0, 0.05) is 12.7 Å². The van der Waals surface area contributed by atoms with Crippen LogP contribution in [0.3, 0.4) is 0 Å². The Balaban J connectivity index is 2.30. The van der Waals surface area contributed by atoms with E-state index in [0.717, 1.165) is 24.3 Å². The van der Waals surface area contributed by atoms with E-state index in [0.29, 0.717) is 0 Å². The number of carbonyl (C=O) groups excluding carboxylic acids is 1. The van der Waals surface area contributed by atoms with Crippen LogP contribution in [-0.2, 0) is 18.0 Å². The number of anilines is 1. The van der Waals surface area contributed by atoms with Gasteiger partial charge in [-0.3, -0.25) is 4.79 Å². The molecular weight excluding hydrogens is 380 g/mol. The monoisotopic (exact) mass is 388 g/mol. The van der Waals surface area contributed by atoms with Crippen LogP contribution >= 0.6 is 23.2 Å². The van der Waals surface area contributed by atoms with E-state index in [-0.39, 0.29) is 27.4 Å². The smallest absolute Gasteiger partial charge is 0.321 e. The normalized spacial score (nSPS) is 12.0. The number of alkyl halides is 3. The van der Waals surface area contributed by atoms with Gasteiger partial charge in [0.25, 0.3) is 5.91 Å². The minimum atomic E-state index is -4.55. The Morgan fingerprint density at radius 2 is 2.08 bits per heavy atom. The van der Waals surface area contributed by atoms with Crippen LogP contribution in [0.1, 0.15) is 11.3 Å². The first-order chi connectivity index (χ1) is 11.6. The van der Waals surface area contributed by atoms with Crippen LogP contribution in [0.2, 0.25) is 10.4 Å². The second-order valence-electron chi connectivity index (χ2n) is 4.82. The molecule has 0 aliphatic carbocycles. The summed E-state index contributed by atoms with van der Waals surface area (Å²) in [5, 5.41) is 11.4. The van der Waals surface area contributed by atoms with Crippen molar-refractivity contribution in [3.8, 4) is 6.07 Å². The largest absolute Gasteiger partial charge is 0.416 e. The summed E-state index contributed by atoms with van der Waals surface area (Å²) >= 11 is 11.6. The molecule has 0 atom stereocenters. The summed E-state index contributed by atoms with van der Waals surface area (Å²) < 4.78 is 39.4. The zero-order chi connectivity index (χ0) is 18.8. The molecule has 2 rings (SSSR count). The van der Waals surface area contributed by atoms with Crippen LogP contribution in [0, 0.1) is 11.3 Å². The molecule has 5 nitrogen and oxygen atoms in total. The van der Waals surface area contributed by atoms with Gasteiger partial charge in [0.1, 0.15) is 11.6 Å². The van der Waals surface area contributed by atoms with Gasteiger partial charge in [0.2, 0.25) is 5.28 Å². The quantitative estimate of drug-likeness (QED) is 0.629. The zero-order valence-corrected chi connectivity index (χ0v) is 14.0. The first kappa shape index (κ1) is 18.8. The van der Waals surface area contributed by atoms with E-state index in [1.807, 2.05) is 0 Å². The summed E-state index contributed by atoms with van der Waals surface area (Å²) in [5.41, 5.74) is -1.19. The van der Waals surface area contributed by atoms with Gasteiger partial charge in [-0.1, -0.05) is 17.7 Å². The standard InChI is InChI=1S/C15H9Cl2F3N4O/c1-24-11(12(16)23-14(24)17)5-8(7-21)13(25)22-10-4-2-3-9(6-10)15(18,19)20/h2-6H,1H3,(H,22,25)/b8-5-. The van der Waals surface area contributed by atoms with Gasteiger partial charge < -0.3 is 9.88 Å². The third-order valence-electron chi connectivity index (χ3n) is 3.13. The molecule has 0 unspecified atom stereocenters. The number of amides is 1. The van der Waals surface area contributed by atoms with Gasteiger partial charge in [0.05, 0.1) is 11.3 Å². The third-order valence-corrected chi connectivity index (χ3v) is 3.75. The predicted octanol–water partition coefficient (Wildman–Crippen LogP) is 4.29. The van der Waals surface area contributed by atoms with E-state index in [9.17, 15) is 18.0 Å². The van der Waals surface area contributed by atoms with Crippen LogP contribution < -0.4 is 5.32 Å². The fourth-order valence-electron chi connectivity index (χ4n) is 1.86. The Morgan fingerprint density at radius 3 is 2.60 bits per heavy atom. The van der Waals surface area contributed by atoms with Crippen molar-refractivity contribution in [1.29, 1.82) is 5.26 Å². The number of imidazole rings is 1. The summed E-state index contributed by atoms with van der Waals surface area (Å²) in [7, 11) is 1.52. The summed E-state index contributed by atoms with van der Waals surface area (Å²) in [6.07, 6.45) is -3.40. The number of nitrogens with zero attached hydrogens (tertiary/aromatic N) is 3. The highest BCUT2D eigenvalue weighted by Gasteiger charge is 2.30. The lowest BCUT2D eigenvalue weighted by Crippen LogP contribution is -2.14. The highest BCUT2D eigenvalue weighted by Crippen LogP contribution is 2.30. The molecule has 0 aliphatic rings. The van der Waals surface area contributed by atoms with E-state index < -0.39 is 17.6 Å². The van der Waals surface area contributed by atoms with Gasteiger partial charge in [0.15, 0.2) is 5.15 Å². The molecule has 0 fully saturated rings. The lowest BCUT2D eigenvalue weighted by atomic mass is 10.1. The number of hydrogen-bond acceptors (Lipinski definition) is 3. The minimum Gasteiger partial charge on any atom is -0.321 e. The van der Waals surface area contributed by atoms with Crippen molar-refractivity contribution in [1.82, 2.24) is 9.55 Å². The molecule has 130 valence electrons. The van der Waals surface area contributed by atoms with Crippen LogP contribution in [0.15, 0.2) is 29.8 Å². The summed E-state index contributed by atoms with van der Waals surface area (Å²) in [6, 6.07) is 5.72. The number of nitriles is 1. The average molecular weight is 389 g/mol. The molecule has 0 saturated carbocycles. The van der Waals surface area contributed by atoms with Crippen LogP contribution in [-0.4, -0.2) is 15.5 Å². The first-order valence-electron chi connectivity index (χ1n) is 6.61. The molecule has 0 aliphatic heterocycles. The fraction of sp³-hybridized carbons (Fsp3) is 0.133. The highest BCUT2D eigenvalue weighted by atomic mass is 35.5. The summed E-state index contributed by atoms with van der Waals surface area (Å²) in [5.74, 6) is -0.893. The maximum atomic E-state index is 12.7. The predicted molar refractivity (Wildman–Crippen MR) is 86.9 cm³/mol. The van der Waals surface area contributed by atoms with Crippen molar-refractivity contribution in [2.24, 2.45) is 7.05 Å². The van der Waals surface area contributed by atoms with Gasteiger partial charge >= 0.3 is 6.18 Å². The molecular formula is C15H9Cl2F3N4O. The second kappa shape index (κ2) is 7.17. The Labute approximate surface area is 150 Å². The molecule has 0 bridgehead atoms. The lowest BCUT2D eigenvalue weighted by Gasteiger charge is -2.09. The summed E-state index contributed by atoms with van der Waals surface area (Å²) in [4.78, 5) is 15.9. The Hall–Kier alpha value is -2.50. The maximum Gasteiger partial charge on any atom is 0.416 e. The molecule has 2 aromatic rings. The van der Waals surface area contributed by atoms with Crippen LogP contribution in [0.5, 0.6) is 0 Å². The number of aromatic nitrogens is 2. The van der Waals surface area contributed by atoms with Gasteiger partial charge in [-0.2, -0.15) is 18.4 Å². The molecule has 0 saturated heterocycles. The number of carbonyl (C=O) groups is 1. The van der Waals surface area contributed by atoms with E-state index in [4.69, 9.17) is 28.5 Å².